The number of nitrogens with two attached hydrogens (primary N) is 1. The van der Waals surface area contributed by atoms with E-state index < -0.39 is 50.8 Å². The number of hydrogen-bond acceptors (Lipinski definition) is 9. The number of nitrogens with zero attached hydrogens (tertiary/aromatic N) is 2. The maximum Gasteiger partial charge on any atom is 0.259 e. The van der Waals surface area contributed by atoms with Gasteiger partial charge in [-0.15, -0.1) is 0 Å². The summed E-state index contributed by atoms with van der Waals surface area (Å²) >= 11 is 0. The van der Waals surface area contributed by atoms with Crippen LogP contribution in [0.2, 0.25) is 0 Å². The van der Waals surface area contributed by atoms with Crippen LogP contribution in [0.4, 0.5) is 0 Å². The molecule has 1 aromatic heterocycles. The number of benzene rings is 1. The number of rotatable bonds is 7. The second-order valence-corrected chi connectivity index (χ2v) is 15.6. The number of hydrogen-bond donors (Lipinski definition) is 3. The van der Waals surface area contributed by atoms with E-state index in [2.05, 4.69) is 21.9 Å². The van der Waals surface area contributed by atoms with E-state index in [-0.39, 0.29) is 37.1 Å². The molecule has 7 atom stereocenters. The minimum Gasteiger partial charge on any atom is -0.494 e. The van der Waals surface area contributed by atoms with E-state index >= 15 is 0 Å². The van der Waals surface area contributed by atoms with E-state index in [9.17, 15) is 22.8 Å². The predicted octanol–water partition coefficient (Wildman–Crippen LogP) is 2.80. The number of carbonyl (C=O) groups is 3. The van der Waals surface area contributed by atoms with E-state index in [4.69, 9.17) is 15.2 Å². The fourth-order valence-electron chi connectivity index (χ4n) is 7.13. The van der Waals surface area contributed by atoms with Crippen molar-refractivity contribution in [3.63, 3.8) is 0 Å². The Morgan fingerprint density at radius 3 is 2.62 bits per heavy atom. The standard InChI is InChI=1S/C34H45N5O7S/c1-4-21-15-20(2)9-5-6-10-22-17-34(22,33(42)38-47(43,44)24-13-14-24)37-30(40)27-16-23(19-39(27)32(41)29(21)35)46-31-26-12-8-7-11-25(26)28(45-3)18-36-31/h6-8,10-12,18,20-24,27,29H,4-5,9,13-17,19,35H2,1-3H3,(H,37,40)(H,38,42)/b10-6-/t20-,21-,22-,23-,27+,29+,34-/m1/s1. The molecule has 2 aromatic rings. The molecule has 0 unspecified atom stereocenters. The van der Waals surface area contributed by atoms with Crippen molar-refractivity contribution in [1.29, 1.82) is 0 Å². The van der Waals surface area contributed by atoms with Crippen LogP contribution < -0.4 is 25.2 Å². The molecule has 2 aliphatic carbocycles. The van der Waals surface area contributed by atoms with Crippen molar-refractivity contribution in [2.24, 2.45) is 23.5 Å². The summed E-state index contributed by atoms with van der Waals surface area (Å²) < 4.78 is 39.6. The van der Waals surface area contributed by atoms with Crippen LogP contribution in [0.25, 0.3) is 10.8 Å². The average molecular weight is 668 g/mol. The normalized spacial score (nSPS) is 32.3. The van der Waals surface area contributed by atoms with E-state index in [1.165, 1.54) is 4.90 Å². The van der Waals surface area contributed by atoms with E-state index in [1.807, 2.05) is 43.3 Å². The van der Waals surface area contributed by atoms with Gasteiger partial charge in [0, 0.05) is 23.1 Å². The van der Waals surface area contributed by atoms with Gasteiger partial charge in [0.2, 0.25) is 27.7 Å². The Hall–Kier alpha value is -3.71. The van der Waals surface area contributed by atoms with Crippen LogP contribution in [0.5, 0.6) is 11.6 Å². The van der Waals surface area contributed by atoms with Crippen LogP contribution in [-0.2, 0) is 24.4 Å². The Kier molecular flexibility index (Phi) is 9.23. The van der Waals surface area contributed by atoms with Crippen molar-refractivity contribution in [3.05, 3.63) is 42.6 Å². The van der Waals surface area contributed by atoms with Crippen molar-refractivity contribution in [3.8, 4) is 11.6 Å². The first-order valence-electron chi connectivity index (χ1n) is 16.7. The average Bonchev–Trinajstić information content (AvgIpc) is 3.98. The Morgan fingerprint density at radius 1 is 1.17 bits per heavy atom. The summed E-state index contributed by atoms with van der Waals surface area (Å²) in [6, 6.07) is 5.71. The summed E-state index contributed by atoms with van der Waals surface area (Å²) in [6.07, 6.45) is 9.38. The summed E-state index contributed by atoms with van der Waals surface area (Å²) in [7, 11) is -2.27. The third-order valence-electron chi connectivity index (χ3n) is 10.3. The van der Waals surface area contributed by atoms with Crippen LogP contribution >= 0.6 is 0 Å². The van der Waals surface area contributed by atoms with Crippen LogP contribution in [0, 0.1) is 17.8 Å². The molecule has 2 aliphatic heterocycles. The number of methoxy groups -OCH3 is 1. The van der Waals surface area contributed by atoms with Crippen molar-refractivity contribution in [2.75, 3.05) is 13.7 Å². The molecule has 4 aliphatic rings. The zero-order valence-corrected chi connectivity index (χ0v) is 28.0. The van der Waals surface area contributed by atoms with Gasteiger partial charge in [-0.1, -0.05) is 50.6 Å². The van der Waals surface area contributed by atoms with Crippen LogP contribution in [0.1, 0.15) is 65.2 Å². The second kappa shape index (κ2) is 13.1. The smallest absolute Gasteiger partial charge is 0.259 e. The summed E-state index contributed by atoms with van der Waals surface area (Å²) in [6.45, 7) is 4.26. The largest absolute Gasteiger partial charge is 0.494 e. The molecule has 47 heavy (non-hydrogen) atoms. The SMILES string of the molecule is CC[C@@H]1C[C@H](C)CC/C=C\[C@@H]2C[C@@]2(C(=O)NS(=O)(=O)C2CC2)NC(=O)[C@@H]2C[C@@H](Oc3ncc(OC)c4ccccc34)CN2C(=O)[C@H]1N. The minimum atomic E-state index is -3.84. The molecule has 3 amide bonds. The molecule has 0 radical (unpaired) electrons. The first-order chi connectivity index (χ1) is 22.5. The van der Waals surface area contributed by atoms with Gasteiger partial charge in [-0.25, -0.2) is 13.4 Å². The van der Waals surface area contributed by atoms with Crippen molar-refractivity contribution in [1.82, 2.24) is 19.9 Å². The molecule has 3 fully saturated rings. The van der Waals surface area contributed by atoms with Gasteiger partial charge in [0.1, 0.15) is 23.4 Å². The van der Waals surface area contributed by atoms with Crippen LogP contribution in [0.15, 0.2) is 42.6 Å². The van der Waals surface area contributed by atoms with Crippen molar-refractivity contribution >= 4 is 38.5 Å². The first kappa shape index (κ1) is 33.2. The van der Waals surface area contributed by atoms with Crippen molar-refractivity contribution < 1.29 is 32.3 Å². The zero-order chi connectivity index (χ0) is 33.5. The van der Waals surface area contributed by atoms with Gasteiger partial charge in [-0.3, -0.25) is 19.1 Å². The molecule has 12 nitrogen and oxygen atoms in total. The number of ether oxygens (including phenoxy) is 2. The highest BCUT2D eigenvalue weighted by atomic mass is 32.2. The molecule has 0 bridgehead atoms. The zero-order valence-electron chi connectivity index (χ0n) is 27.2. The maximum atomic E-state index is 14.2. The molecular weight excluding hydrogens is 622 g/mol. The molecule has 4 N–H and O–H groups in total. The van der Waals surface area contributed by atoms with Gasteiger partial charge in [-0.2, -0.15) is 0 Å². The predicted molar refractivity (Wildman–Crippen MR) is 176 cm³/mol. The topological polar surface area (TPSA) is 170 Å². The lowest BCUT2D eigenvalue weighted by molar-refractivity contribution is -0.141. The number of sulfonamides is 1. The fourth-order valence-corrected chi connectivity index (χ4v) is 8.50. The van der Waals surface area contributed by atoms with Crippen LogP contribution in [-0.4, -0.2) is 78.7 Å². The lowest BCUT2D eigenvalue weighted by atomic mass is 9.85. The maximum absolute atomic E-state index is 14.2. The van der Waals surface area contributed by atoms with Crippen molar-refractivity contribution in [2.45, 2.75) is 94.2 Å². The molecule has 1 saturated heterocycles. The summed E-state index contributed by atoms with van der Waals surface area (Å²) in [5, 5.41) is 3.84. The highest BCUT2D eigenvalue weighted by molar-refractivity contribution is 7.91. The number of nitrogens with one attached hydrogen (secondary N) is 2. The van der Waals surface area contributed by atoms with E-state index in [1.54, 1.807) is 13.3 Å². The molecule has 254 valence electrons. The molecule has 13 heteroatoms. The summed E-state index contributed by atoms with van der Waals surface area (Å²) in [5.74, 6) is -0.865. The Balaban J connectivity index is 1.31. The number of carbonyl (C=O) groups excluding carboxylic acids is 3. The Bertz CT molecular complexity index is 1680. The van der Waals surface area contributed by atoms with Gasteiger partial charge in [0.15, 0.2) is 0 Å². The lowest BCUT2D eigenvalue weighted by Crippen LogP contribution is -2.58. The highest BCUT2D eigenvalue weighted by Crippen LogP contribution is 2.46. The molecule has 1 aromatic carbocycles. The Morgan fingerprint density at radius 2 is 1.91 bits per heavy atom. The molecular formula is C34H45N5O7S. The van der Waals surface area contributed by atoms with E-state index in [0.717, 1.165) is 30.0 Å². The molecule has 2 saturated carbocycles. The third-order valence-corrected chi connectivity index (χ3v) is 12.1. The monoisotopic (exact) mass is 667 g/mol. The minimum absolute atomic E-state index is 0.0827. The van der Waals surface area contributed by atoms with E-state index in [0.29, 0.717) is 36.8 Å². The second-order valence-electron chi connectivity index (χ2n) is 13.6. The number of amides is 3. The molecule has 3 heterocycles. The van der Waals surface area contributed by atoms with Gasteiger partial charge in [-0.05, 0) is 56.4 Å². The van der Waals surface area contributed by atoms with Gasteiger partial charge in [0.25, 0.3) is 5.91 Å². The Labute approximate surface area is 275 Å². The third kappa shape index (κ3) is 6.69. The quantitative estimate of drug-likeness (QED) is 0.376. The summed E-state index contributed by atoms with van der Waals surface area (Å²) in [4.78, 5) is 47.8. The summed E-state index contributed by atoms with van der Waals surface area (Å²) in [5.41, 5.74) is 5.23. The molecule has 0 spiro atoms. The highest BCUT2D eigenvalue weighted by Gasteiger charge is 2.62. The number of allylic oxidation sites excluding steroid dienone is 1. The van der Waals surface area contributed by atoms with Gasteiger partial charge >= 0.3 is 0 Å². The van der Waals surface area contributed by atoms with Crippen LogP contribution in [0.3, 0.4) is 0 Å². The van der Waals surface area contributed by atoms with Gasteiger partial charge in [0.05, 0.1) is 31.1 Å². The number of aromatic nitrogens is 1. The molecule has 6 rings (SSSR count). The lowest BCUT2D eigenvalue weighted by Gasteiger charge is -2.31. The number of pyridine rings is 1. The van der Waals surface area contributed by atoms with Gasteiger partial charge < -0.3 is 25.4 Å². The first-order valence-corrected chi connectivity index (χ1v) is 18.2. The fraction of sp³-hybridized carbons (Fsp3) is 0.588. The number of fused-ring (bicyclic) bond motifs is 3.